The monoisotopic (exact) mass is 300 g/mol. The zero-order chi connectivity index (χ0) is 14.4. The number of nitrogens with two attached hydrogens (primary N) is 2. The molecule has 1 fully saturated rings. The van der Waals surface area contributed by atoms with E-state index < -0.39 is 22.9 Å². The number of thioether (sulfide) groups is 1. The Labute approximate surface area is 117 Å². The first-order chi connectivity index (χ1) is 9.52. The number of hydrogen-bond acceptors (Lipinski definition) is 8. The molecule has 2 aromatic rings. The van der Waals surface area contributed by atoms with E-state index in [0.29, 0.717) is 11.2 Å². The molecule has 0 saturated carbocycles. The van der Waals surface area contributed by atoms with Crippen LogP contribution in [0, 0.1) is 0 Å². The van der Waals surface area contributed by atoms with Crippen LogP contribution in [0.1, 0.15) is 5.37 Å². The highest BCUT2D eigenvalue weighted by Gasteiger charge is 2.45. The van der Waals surface area contributed by atoms with Crippen LogP contribution in [-0.4, -0.2) is 53.9 Å². The third kappa shape index (κ3) is 1.87. The van der Waals surface area contributed by atoms with Crippen molar-refractivity contribution in [1.29, 1.82) is 0 Å². The number of halogens is 1. The van der Waals surface area contributed by atoms with Gasteiger partial charge in [-0.1, -0.05) is 0 Å². The number of fused-ring (bicyclic) bond motifs is 1. The summed E-state index contributed by atoms with van der Waals surface area (Å²) in [7, 11) is 0. The number of aliphatic hydroxyl groups is 2. The third-order valence-electron chi connectivity index (χ3n) is 3.21. The number of aromatic nitrogens is 4. The smallest absolute Gasteiger partial charge is 0.224 e. The Morgan fingerprint density at radius 2 is 2.15 bits per heavy atom. The van der Waals surface area contributed by atoms with Gasteiger partial charge in [-0.05, 0) is 0 Å². The summed E-state index contributed by atoms with van der Waals surface area (Å²) in [6.07, 6.45) is -1.41. The number of rotatable bonds is 2. The lowest BCUT2D eigenvalue weighted by atomic mass is 10.1. The highest BCUT2D eigenvalue weighted by Crippen LogP contribution is 2.44. The van der Waals surface area contributed by atoms with Crippen LogP contribution in [0.2, 0.25) is 0 Å². The standard InChI is InChI=1S/C10H13FN6O2S/c11-4-6(19)3(1-18)20-9(4)17-2-14-5-7(12)15-10(13)16-8(5)17/h2-4,6,9,18-19H,1H2,(H4,12,13,15,16)/t3-,4+,6+,9-/m0/s1. The van der Waals surface area contributed by atoms with E-state index >= 15 is 0 Å². The third-order valence-corrected chi connectivity index (χ3v) is 4.76. The van der Waals surface area contributed by atoms with Gasteiger partial charge in [0.05, 0.1) is 18.2 Å². The summed E-state index contributed by atoms with van der Waals surface area (Å²) < 4.78 is 15.6. The molecule has 0 aliphatic carbocycles. The summed E-state index contributed by atoms with van der Waals surface area (Å²) in [6, 6.07) is 0. The van der Waals surface area contributed by atoms with Crippen molar-refractivity contribution in [3.8, 4) is 0 Å². The van der Waals surface area contributed by atoms with Crippen molar-refractivity contribution < 1.29 is 14.6 Å². The van der Waals surface area contributed by atoms with Crippen molar-refractivity contribution in [3.63, 3.8) is 0 Å². The Bertz CT molecular complexity index is 652. The number of nitrogens with zero attached hydrogens (tertiary/aromatic N) is 4. The second kappa shape index (κ2) is 4.72. The molecule has 0 aromatic carbocycles. The van der Waals surface area contributed by atoms with Crippen molar-refractivity contribution in [1.82, 2.24) is 19.5 Å². The van der Waals surface area contributed by atoms with Gasteiger partial charge in [-0.3, -0.25) is 4.57 Å². The van der Waals surface area contributed by atoms with Crippen molar-refractivity contribution in [3.05, 3.63) is 6.33 Å². The second-order valence-corrected chi connectivity index (χ2v) is 5.83. The van der Waals surface area contributed by atoms with E-state index in [4.69, 9.17) is 16.6 Å². The SMILES string of the molecule is Nc1nc(N)c2ncn([C@H]3S[C@@H](CO)[C@@H](O)[C@H]3F)c2n1. The minimum absolute atomic E-state index is 0.0330. The molecule has 3 rings (SSSR count). The van der Waals surface area contributed by atoms with Gasteiger partial charge in [0.25, 0.3) is 0 Å². The zero-order valence-electron chi connectivity index (χ0n) is 10.2. The van der Waals surface area contributed by atoms with Gasteiger partial charge in [0.2, 0.25) is 5.95 Å². The summed E-state index contributed by atoms with van der Waals surface area (Å²) in [4.78, 5) is 11.8. The van der Waals surface area contributed by atoms with Crippen LogP contribution >= 0.6 is 11.8 Å². The van der Waals surface area contributed by atoms with Gasteiger partial charge in [-0.2, -0.15) is 9.97 Å². The summed E-state index contributed by atoms with van der Waals surface area (Å²) in [5, 5.41) is 17.5. The first-order valence-electron chi connectivity index (χ1n) is 5.87. The molecule has 0 amide bonds. The van der Waals surface area contributed by atoms with Gasteiger partial charge < -0.3 is 21.7 Å². The first-order valence-corrected chi connectivity index (χ1v) is 6.81. The number of hydrogen-bond donors (Lipinski definition) is 4. The minimum Gasteiger partial charge on any atom is -0.395 e. The number of alkyl halides is 1. The lowest BCUT2D eigenvalue weighted by molar-refractivity contribution is 0.0642. The van der Waals surface area contributed by atoms with Gasteiger partial charge in [0, 0.05) is 0 Å². The Hall–Kier alpha value is -1.65. The molecule has 0 radical (unpaired) electrons. The largest absolute Gasteiger partial charge is 0.395 e. The highest BCUT2D eigenvalue weighted by atomic mass is 32.2. The molecule has 1 aliphatic rings. The minimum atomic E-state index is -1.55. The summed E-state index contributed by atoms with van der Waals surface area (Å²) in [6.45, 7) is -0.311. The molecule has 20 heavy (non-hydrogen) atoms. The van der Waals surface area contributed by atoms with Crippen LogP contribution in [0.15, 0.2) is 6.33 Å². The van der Waals surface area contributed by atoms with Crippen LogP contribution < -0.4 is 11.5 Å². The van der Waals surface area contributed by atoms with Gasteiger partial charge >= 0.3 is 0 Å². The molecular weight excluding hydrogens is 287 g/mol. The Morgan fingerprint density at radius 1 is 1.40 bits per heavy atom. The first kappa shape index (κ1) is 13.3. The van der Waals surface area contributed by atoms with Crippen molar-refractivity contribution >= 4 is 34.7 Å². The molecule has 10 heteroatoms. The zero-order valence-corrected chi connectivity index (χ0v) is 11.0. The molecule has 1 aliphatic heterocycles. The fraction of sp³-hybridized carbons (Fsp3) is 0.500. The normalized spacial score (nSPS) is 30.1. The van der Waals surface area contributed by atoms with E-state index in [1.165, 1.54) is 10.9 Å². The van der Waals surface area contributed by atoms with Crippen LogP contribution in [0.3, 0.4) is 0 Å². The van der Waals surface area contributed by atoms with E-state index in [-0.39, 0.29) is 18.4 Å². The van der Waals surface area contributed by atoms with E-state index in [1.54, 1.807) is 0 Å². The Kier molecular flexibility index (Phi) is 3.15. The summed E-state index contributed by atoms with van der Waals surface area (Å²) in [5.74, 6) is 0.0818. The average molecular weight is 300 g/mol. The second-order valence-electron chi connectivity index (χ2n) is 4.47. The maximum absolute atomic E-state index is 14.2. The van der Waals surface area contributed by atoms with E-state index in [2.05, 4.69) is 15.0 Å². The lowest BCUT2D eigenvalue weighted by Crippen LogP contribution is -2.29. The quantitative estimate of drug-likeness (QED) is 0.571. The molecule has 4 atom stereocenters. The van der Waals surface area contributed by atoms with E-state index in [0.717, 1.165) is 11.8 Å². The number of nitrogen functional groups attached to an aromatic ring is 2. The summed E-state index contributed by atoms with van der Waals surface area (Å²) in [5.41, 5.74) is 11.9. The number of anilines is 2. The Balaban J connectivity index is 2.07. The summed E-state index contributed by atoms with van der Waals surface area (Å²) >= 11 is 1.12. The highest BCUT2D eigenvalue weighted by molar-refractivity contribution is 8.00. The molecule has 0 bridgehead atoms. The van der Waals surface area contributed by atoms with Crippen LogP contribution in [0.25, 0.3) is 11.2 Å². The fourth-order valence-corrected chi connectivity index (χ4v) is 3.57. The van der Waals surface area contributed by atoms with Crippen LogP contribution in [-0.2, 0) is 0 Å². The lowest BCUT2D eigenvalue weighted by Gasteiger charge is -2.15. The van der Waals surface area contributed by atoms with Gasteiger partial charge in [-0.25, -0.2) is 9.37 Å². The molecule has 0 spiro atoms. The number of aliphatic hydroxyl groups excluding tert-OH is 2. The average Bonchev–Trinajstić information content (AvgIpc) is 2.93. The number of imidazole rings is 1. The predicted molar refractivity (Wildman–Crippen MR) is 72.6 cm³/mol. The molecule has 6 N–H and O–H groups in total. The molecule has 2 aromatic heterocycles. The van der Waals surface area contributed by atoms with Gasteiger partial charge in [-0.15, -0.1) is 11.8 Å². The molecule has 0 unspecified atom stereocenters. The maximum atomic E-state index is 14.2. The van der Waals surface area contributed by atoms with Crippen LogP contribution in [0.5, 0.6) is 0 Å². The topological polar surface area (TPSA) is 136 Å². The molecule has 1 saturated heterocycles. The Morgan fingerprint density at radius 3 is 2.80 bits per heavy atom. The van der Waals surface area contributed by atoms with Crippen LogP contribution in [0.4, 0.5) is 16.2 Å². The van der Waals surface area contributed by atoms with E-state index in [1.807, 2.05) is 0 Å². The van der Waals surface area contributed by atoms with Crippen molar-refractivity contribution in [2.45, 2.75) is 22.9 Å². The predicted octanol–water partition coefficient (Wildman–Crippen LogP) is -0.704. The molecular formula is C10H13FN6O2S. The fourth-order valence-electron chi connectivity index (χ4n) is 2.22. The molecule has 3 heterocycles. The van der Waals surface area contributed by atoms with Crippen molar-refractivity contribution in [2.24, 2.45) is 0 Å². The van der Waals surface area contributed by atoms with E-state index in [9.17, 15) is 9.50 Å². The maximum Gasteiger partial charge on any atom is 0.224 e. The van der Waals surface area contributed by atoms with Gasteiger partial charge in [0.1, 0.15) is 17.0 Å². The van der Waals surface area contributed by atoms with Gasteiger partial charge in [0.15, 0.2) is 17.6 Å². The van der Waals surface area contributed by atoms with Crippen molar-refractivity contribution in [2.75, 3.05) is 18.1 Å². The molecule has 8 nitrogen and oxygen atoms in total. The molecule has 108 valence electrons.